The van der Waals surface area contributed by atoms with Gasteiger partial charge in [0.05, 0.1) is 0 Å². The van der Waals surface area contributed by atoms with E-state index in [2.05, 4.69) is 15.3 Å². The Kier molecular flexibility index (Phi) is 2.28. The van der Waals surface area contributed by atoms with E-state index >= 15 is 0 Å². The van der Waals surface area contributed by atoms with E-state index in [4.69, 9.17) is 11.6 Å². The molecule has 2 atom stereocenters. The third-order valence-corrected chi connectivity index (χ3v) is 3.78. The molecule has 1 N–H and O–H groups in total. The Balaban J connectivity index is 1.67. The smallest absolute Gasteiger partial charge is 0.224 e. The molecule has 3 nitrogen and oxygen atoms in total. The fraction of sp³-hybridized carbons (Fsp3) is 0.636. The number of hydrogen-bond donors (Lipinski definition) is 1. The number of fused-ring (bicyclic) bond motifs is 1. The van der Waals surface area contributed by atoms with Crippen LogP contribution in [-0.2, 0) is 0 Å². The summed E-state index contributed by atoms with van der Waals surface area (Å²) in [6.45, 7) is 0. The lowest BCUT2D eigenvalue weighted by molar-refractivity contribution is 0.480. The molecule has 0 amide bonds. The van der Waals surface area contributed by atoms with Crippen LogP contribution in [0.5, 0.6) is 0 Å². The molecule has 0 spiro atoms. The maximum atomic E-state index is 5.74. The maximum absolute atomic E-state index is 5.74. The van der Waals surface area contributed by atoms with E-state index in [9.17, 15) is 0 Å². The normalized spacial score (nSPS) is 33.3. The minimum Gasteiger partial charge on any atom is -0.367 e. The number of aromatic nitrogens is 2. The number of hydrogen-bond acceptors (Lipinski definition) is 3. The summed E-state index contributed by atoms with van der Waals surface area (Å²) in [6.07, 6.45) is 7.24. The molecular formula is C11H14ClN3. The molecule has 0 aliphatic heterocycles. The third kappa shape index (κ3) is 1.81. The lowest BCUT2D eigenvalue weighted by Gasteiger charge is -2.04. The second kappa shape index (κ2) is 3.63. The minimum absolute atomic E-state index is 0.323. The van der Waals surface area contributed by atoms with E-state index in [0.717, 1.165) is 17.7 Å². The Bertz CT molecular complexity index is 357. The van der Waals surface area contributed by atoms with Crippen molar-refractivity contribution in [1.82, 2.24) is 9.97 Å². The molecule has 2 unspecified atom stereocenters. The van der Waals surface area contributed by atoms with E-state index in [0.29, 0.717) is 11.3 Å². The van der Waals surface area contributed by atoms with Gasteiger partial charge in [-0.05, 0) is 42.3 Å². The summed E-state index contributed by atoms with van der Waals surface area (Å²) in [5.41, 5.74) is 0. The van der Waals surface area contributed by atoms with Crippen LogP contribution in [0.25, 0.3) is 0 Å². The summed E-state index contributed by atoms with van der Waals surface area (Å²) in [5.74, 6) is 2.63. The lowest BCUT2D eigenvalue weighted by atomic mass is 10.0. The van der Waals surface area contributed by atoms with E-state index in [1.54, 1.807) is 6.20 Å². The van der Waals surface area contributed by atoms with Crippen molar-refractivity contribution in [3.05, 3.63) is 17.5 Å². The Labute approximate surface area is 94.3 Å². The SMILES string of the molecule is Clc1nccc(NC2C3CCCCC32)n1. The predicted octanol–water partition coefficient (Wildman–Crippen LogP) is 2.73. The van der Waals surface area contributed by atoms with Crippen LogP contribution in [0.15, 0.2) is 12.3 Å². The fourth-order valence-corrected chi connectivity index (χ4v) is 2.94. The summed E-state index contributed by atoms with van der Waals surface area (Å²) in [6, 6.07) is 2.52. The van der Waals surface area contributed by atoms with E-state index in [-0.39, 0.29) is 0 Å². The molecule has 3 rings (SSSR count). The largest absolute Gasteiger partial charge is 0.367 e. The Morgan fingerprint density at radius 3 is 2.67 bits per heavy atom. The zero-order valence-electron chi connectivity index (χ0n) is 8.49. The molecule has 4 heteroatoms. The van der Waals surface area contributed by atoms with Gasteiger partial charge < -0.3 is 5.32 Å². The topological polar surface area (TPSA) is 37.8 Å². The first-order valence-electron chi connectivity index (χ1n) is 5.60. The third-order valence-electron chi connectivity index (χ3n) is 3.60. The number of nitrogens with zero attached hydrogens (tertiary/aromatic N) is 2. The van der Waals surface area contributed by atoms with Crippen LogP contribution < -0.4 is 5.32 Å². The Hall–Kier alpha value is -0.830. The quantitative estimate of drug-likeness (QED) is 0.784. The highest BCUT2D eigenvalue weighted by molar-refractivity contribution is 6.28. The van der Waals surface area contributed by atoms with Crippen molar-refractivity contribution < 1.29 is 0 Å². The average molecular weight is 224 g/mol. The van der Waals surface area contributed by atoms with Gasteiger partial charge in [-0.25, -0.2) is 9.97 Å². The first kappa shape index (κ1) is 9.40. The van der Waals surface area contributed by atoms with Crippen LogP contribution in [0.4, 0.5) is 5.82 Å². The molecule has 0 saturated heterocycles. The van der Waals surface area contributed by atoms with Gasteiger partial charge >= 0.3 is 0 Å². The highest BCUT2D eigenvalue weighted by Crippen LogP contribution is 2.50. The van der Waals surface area contributed by atoms with Gasteiger partial charge in [-0.15, -0.1) is 0 Å². The zero-order chi connectivity index (χ0) is 10.3. The van der Waals surface area contributed by atoms with Crippen molar-refractivity contribution in [2.24, 2.45) is 11.8 Å². The highest BCUT2D eigenvalue weighted by atomic mass is 35.5. The maximum Gasteiger partial charge on any atom is 0.224 e. The summed E-state index contributed by atoms with van der Waals surface area (Å²) in [5, 5.41) is 3.79. The molecule has 2 saturated carbocycles. The molecule has 0 aromatic carbocycles. The standard InChI is InChI=1S/C11H14ClN3/c12-11-13-6-5-9(15-11)14-10-7-3-1-2-4-8(7)10/h5-8,10H,1-4H2,(H,13,14,15). The predicted molar refractivity (Wildman–Crippen MR) is 59.9 cm³/mol. The van der Waals surface area contributed by atoms with Crippen molar-refractivity contribution in [3.8, 4) is 0 Å². The van der Waals surface area contributed by atoms with Gasteiger partial charge in [-0.2, -0.15) is 0 Å². The molecule has 1 aromatic rings. The summed E-state index contributed by atoms with van der Waals surface area (Å²) >= 11 is 5.74. The Morgan fingerprint density at radius 1 is 1.27 bits per heavy atom. The summed E-state index contributed by atoms with van der Waals surface area (Å²) in [4.78, 5) is 8.03. The molecule has 0 bridgehead atoms. The van der Waals surface area contributed by atoms with Crippen LogP contribution in [0.3, 0.4) is 0 Å². The molecule has 2 fully saturated rings. The van der Waals surface area contributed by atoms with Crippen LogP contribution in [0.2, 0.25) is 5.28 Å². The molecule has 80 valence electrons. The van der Waals surface area contributed by atoms with E-state index in [1.165, 1.54) is 25.7 Å². The summed E-state index contributed by atoms with van der Waals surface area (Å²) < 4.78 is 0. The van der Waals surface area contributed by atoms with E-state index in [1.807, 2.05) is 6.07 Å². The second-order valence-electron chi connectivity index (χ2n) is 4.49. The minimum atomic E-state index is 0.323. The van der Waals surface area contributed by atoms with Crippen molar-refractivity contribution in [3.63, 3.8) is 0 Å². The van der Waals surface area contributed by atoms with Gasteiger partial charge in [0.2, 0.25) is 5.28 Å². The first-order chi connectivity index (χ1) is 7.34. The zero-order valence-corrected chi connectivity index (χ0v) is 9.24. The number of anilines is 1. The van der Waals surface area contributed by atoms with Gasteiger partial charge in [0.15, 0.2) is 0 Å². The second-order valence-corrected chi connectivity index (χ2v) is 4.83. The molecule has 15 heavy (non-hydrogen) atoms. The van der Waals surface area contributed by atoms with Crippen LogP contribution in [0.1, 0.15) is 25.7 Å². The van der Waals surface area contributed by atoms with Gasteiger partial charge in [0.1, 0.15) is 5.82 Å². The highest BCUT2D eigenvalue weighted by Gasteiger charge is 2.50. The molecular weight excluding hydrogens is 210 g/mol. The number of halogens is 1. The Morgan fingerprint density at radius 2 is 2.00 bits per heavy atom. The molecule has 1 aromatic heterocycles. The van der Waals surface area contributed by atoms with Crippen molar-refractivity contribution in [1.29, 1.82) is 0 Å². The first-order valence-corrected chi connectivity index (χ1v) is 5.97. The molecule has 1 heterocycles. The van der Waals surface area contributed by atoms with Crippen molar-refractivity contribution in [2.75, 3.05) is 5.32 Å². The molecule has 2 aliphatic carbocycles. The van der Waals surface area contributed by atoms with Gasteiger partial charge in [-0.3, -0.25) is 0 Å². The number of rotatable bonds is 2. The summed E-state index contributed by atoms with van der Waals surface area (Å²) in [7, 11) is 0. The van der Waals surface area contributed by atoms with Gasteiger partial charge in [0, 0.05) is 12.2 Å². The monoisotopic (exact) mass is 223 g/mol. The average Bonchev–Trinajstić information content (AvgIpc) is 2.93. The number of nitrogens with one attached hydrogen (secondary N) is 1. The van der Waals surface area contributed by atoms with Gasteiger partial charge in [0.25, 0.3) is 0 Å². The van der Waals surface area contributed by atoms with Crippen LogP contribution in [-0.4, -0.2) is 16.0 Å². The van der Waals surface area contributed by atoms with E-state index < -0.39 is 0 Å². The van der Waals surface area contributed by atoms with Crippen molar-refractivity contribution in [2.45, 2.75) is 31.7 Å². The molecule has 2 aliphatic rings. The lowest BCUT2D eigenvalue weighted by Crippen LogP contribution is -2.07. The van der Waals surface area contributed by atoms with Crippen LogP contribution >= 0.6 is 11.6 Å². The van der Waals surface area contributed by atoms with Gasteiger partial charge in [-0.1, -0.05) is 12.8 Å². The van der Waals surface area contributed by atoms with Crippen LogP contribution in [0, 0.1) is 11.8 Å². The molecule has 0 radical (unpaired) electrons. The van der Waals surface area contributed by atoms with Crippen molar-refractivity contribution >= 4 is 17.4 Å². The fourth-order valence-electron chi connectivity index (χ4n) is 2.79.